The summed E-state index contributed by atoms with van der Waals surface area (Å²) >= 11 is 0. The van der Waals surface area contributed by atoms with E-state index in [1.165, 1.54) is 27.5 Å². The Labute approximate surface area is 194 Å². The number of methoxy groups -OCH3 is 1. The van der Waals surface area contributed by atoms with E-state index in [0.717, 1.165) is 11.8 Å². The zero-order valence-electron chi connectivity index (χ0n) is 19.2. The summed E-state index contributed by atoms with van der Waals surface area (Å²) < 4.78 is 5.37. The Bertz CT molecular complexity index is 1090. The standard InChI is InChI=1S/C29H31OPSi/c1-4-32(3,23-24-19-21-25(30-2)22-20-24)29-18-12-11-17-28(29)31(26-13-7-5-8-14-26)27-15-9-6-10-16-27/h5-22H,4,23H2,1-3H3. The molecule has 0 radical (unpaired) electrons. The molecule has 4 rings (SSSR count). The molecule has 4 aromatic carbocycles. The molecule has 0 aliphatic carbocycles. The van der Waals surface area contributed by atoms with Gasteiger partial charge in [-0.3, -0.25) is 0 Å². The highest BCUT2D eigenvalue weighted by atomic mass is 31.1. The molecule has 1 nitrogen and oxygen atoms in total. The Morgan fingerprint density at radius 1 is 0.688 bits per heavy atom. The van der Waals surface area contributed by atoms with Gasteiger partial charge in [-0.1, -0.05) is 127 Å². The molecule has 0 N–H and O–H groups in total. The van der Waals surface area contributed by atoms with E-state index in [1.54, 1.807) is 12.3 Å². The highest BCUT2D eigenvalue weighted by Gasteiger charge is 2.32. The van der Waals surface area contributed by atoms with Gasteiger partial charge in [-0.25, -0.2) is 0 Å². The van der Waals surface area contributed by atoms with Crippen LogP contribution in [0.1, 0.15) is 12.5 Å². The molecule has 0 fully saturated rings. The molecule has 32 heavy (non-hydrogen) atoms. The predicted molar refractivity (Wildman–Crippen MR) is 144 cm³/mol. The number of hydrogen-bond donors (Lipinski definition) is 0. The lowest BCUT2D eigenvalue weighted by molar-refractivity contribution is 0.414. The smallest absolute Gasteiger partial charge is 0.118 e. The summed E-state index contributed by atoms with van der Waals surface area (Å²) in [4.78, 5) is 0. The molecule has 0 aromatic heterocycles. The molecular formula is C29H31OPSi. The lowest BCUT2D eigenvalue weighted by atomic mass is 10.2. The maximum Gasteiger partial charge on any atom is 0.118 e. The van der Waals surface area contributed by atoms with E-state index in [0.29, 0.717) is 0 Å². The van der Waals surface area contributed by atoms with E-state index >= 15 is 0 Å². The topological polar surface area (TPSA) is 9.23 Å². The molecule has 0 amide bonds. The zero-order chi connectivity index (χ0) is 22.4. The first-order valence-corrected chi connectivity index (χ1v) is 15.5. The minimum absolute atomic E-state index is 0.604. The van der Waals surface area contributed by atoms with Crippen LogP contribution >= 0.6 is 7.92 Å². The average Bonchev–Trinajstić information content (AvgIpc) is 2.86. The van der Waals surface area contributed by atoms with Crippen LogP contribution in [0.3, 0.4) is 0 Å². The van der Waals surface area contributed by atoms with Gasteiger partial charge in [0.25, 0.3) is 0 Å². The van der Waals surface area contributed by atoms with Crippen molar-refractivity contribution in [3.8, 4) is 5.75 Å². The molecule has 0 bridgehead atoms. The third-order valence-electron chi connectivity index (χ3n) is 6.36. The Kier molecular flexibility index (Phi) is 7.25. The van der Waals surface area contributed by atoms with Gasteiger partial charge in [0.15, 0.2) is 0 Å². The molecule has 0 saturated heterocycles. The number of benzene rings is 4. The average molecular weight is 455 g/mol. The van der Waals surface area contributed by atoms with Crippen molar-refractivity contribution in [3.63, 3.8) is 0 Å². The fourth-order valence-electron chi connectivity index (χ4n) is 4.36. The summed E-state index contributed by atoms with van der Waals surface area (Å²) in [5.41, 5.74) is 1.40. The van der Waals surface area contributed by atoms with Crippen LogP contribution in [0.4, 0.5) is 0 Å². The largest absolute Gasteiger partial charge is 0.497 e. The number of ether oxygens (including phenoxy) is 1. The second-order valence-corrected chi connectivity index (χ2v) is 15.4. The van der Waals surface area contributed by atoms with Gasteiger partial charge in [0.05, 0.1) is 15.2 Å². The van der Waals surface area contributed by atoms with Gasteiger partial charge in [-0.15, -0.1) is 0 Å². The SMILES string of the molecule is CC[Si](C)(Cc1ccc(OC)cc1)c1ccccc1P(c1ccccc1)c1ccccc1. The highest BCUT2D eigenvalue weighted by Crippen LogP contribution is 2.33. The van der Waals surface area contributed by atoms with Gasteiger partial charge < -0.3 is 4.74 Å². The van der Waals surface area contributed by atoms with Gasteiger partial charge in [0, 0.05) is 0 Å². The summed E-state index contributed by atoms with van der Waals surface area (Å²) in [6, 6.07) is 42.3. The maximum absolute atomic E-state index is 5.37. The molecular weight excluding hydrogens is 423 g/mol. The van der Waals surface area contributed by atoms with Gasteiger partial charge in [-0.2, -0.15) is 0 Å². The molecule has 4 aromatic rings. The second kappa shape index (κ2) is 10.3. The number of hydrogen-bond acceptors (Lipinski definition) is 1. The summed E-state index contributed by atoms with van der Waals surface area (Å²) in [7, 11) is -0.642. The van der Waals surface area contributed by atoms with Crippen LogP contribution < -0.4 is 25.8 Å². The quantitative estimate of drug-likeness (QED) is 0.251. The van der Waals surface area contributed by atoms with Crippen molar-refractivity contribution in [1.29, 1.82) is 0 Å². The van der Waals surface area contributed by atoms with E-state index in [-0.39, 0.29) is 0 Å². The van der Waals surface area contributed by atoms with Crippen molar-refractivity contribution in [2.75, 3.05) is 7.11 Å². The first-order valence-electron chi connectivity index (χ1n) is 11.3. The minimum Gasteiger partial charge on any atom is -0.497 e. The molecule has 162 valence electrons. The van der Waals surface area contributed by atoms with Crippen LogP contribution in [0.25, 0.3) is 0 Å². The van der Waals surface area contributed by atoms with Crippen molar-refractivity contribution in [3.05, 3.63) is 115 Å². The van der Waals surface area contributed by atoms with Crippen molar-refractivity contribution in [1.82, 2.24) is 0 Å². The molecule has 3 heteroatoms. The monoisotopic (exact) mass is 454 g/mol. The lowest BCUT2D eigenvalue weighted by Crippen LogP contribution is -2.53. The Morgan fingerprint density at radius 2 is 1.22 bits per heavy atom. The summed E-state index contributed by atoms with van der Waals surface area (Å²) in [5.74, 6) is 0.922. The molecule has 0 aliphatic heterocycles. The van der Waals surface area contributed by atoms with Crippen LogP contribution in [0.15, 0.2) is 109 Å². The molecule has 0 spiro atoms. The number of rotatable bonds is 8. The van der Waals surface area contributed by atoms with Gasteiger partial charge in [0.2, 0.25) is 0 Å². The molecule has 1 unspecified atom stereocenters. The fourth-order valence-corrected chi connectivity index (χ4v) is 11.0. The van der Waals surface area contributed by atoms with Crippen LogP contribution in [-0.2, 0) is 6.04 Å². The molecule has 1 atom stereocenters. The van der Waals surface area contributed by atoms with E-state index in [1.807, 2.05) is 0 Å². The normalized spacial score (nSPS) is 13.0. The highest BCUT2D eigenvalue weighted by molar-refractivity contribution is 7.80. The maximum atomic E-state index is 5.37. The van der Waals surface area contributed by atoms with E-state index in [9.17, 15) is 0 Å². The van der Waals surface area contributed by atoms with Crippen LogP contribution in [0.2, 0.25) is 12.6 Å². The molecule has 0 aliphatic rings. The van der Waals surface area contributed by atoms with Crippen molar-refractivity contribution in [2.45, 2.75) is 25.6 Å². The summed E-state index contributed by atoms with van der Waals surface area (Å²) in [6.45, 7) is 4.93. The third-order valence-corrected chi connectivity index (χ3v) is 13.6. The second-order valence-electron chi connectivity index (χ2n) is 8.46. The predicted octanol–water partition coefficient (Wildman–Crippen LogP) is 5.54. The van der Waals surface area contributed by atoms with Crippen molar-refractivity contribution >= 4 is 37.1 Å². The van der Waals surface area contributed by atoms with E-state index in [2.05, 4.69) is 123 Å². The third kappa shape index (κ3) is 4.88. The Balaban J connectivity index is 1.81. The van der Waals surface area contributed by atoms with Gasteiger partial charge in [-0.05, 0) is 42.0 Å². The Hall–Kier alpha value is -2.67. The van der Waals surface area contributed by atoms with Crippen LogP contribution in [0, 0.1) is 0 Å². The van der Waals surface area contributed by atoms with Crippen molar-refractivity contribution in [2.24, 2.45) is 0 Å². The molecule has 0 saturated carbocycles. The first kappa shape index (κ1) is 22.5. The fraction of sp³-hybridized carbons (Fsp3) is 0.172. The van der Waals surface area contributed by atoms with Crippen LogP contribution in [0.5, 0.6) is 5.75 Å². The summed E-state index contributed by atoms with van der Waals surface area (Å²) in [6.07, 6.45) is 0. The first-order chi connectivity index (χ1) is 15.6. The Morgan fingerprint density at radius 3 is 1.75 bits per heavy atom. The zero-order valence-corrected chi connectivity index (χ0v) is 21.1. The van der Waals surface area contributed by atoms with E-state index in [4.69, 9.17) is 4.74 Å². The lowest BCUT2D eigenvalue weighted by Gasteiger charge is -2.32. The van der Waals surface area contributed by atoms with E-state index < -0.39 is 16.0 Å². The van der Waals surface area contributed by atoms with Gasteiger partial charge in [0.1, 0.15) is 5.75 Å². The summed E-state index contributed by atoms with van der Waals surface area (Å²) in [5, 5.41) is 5.94. The van der Waals surface area contributed by atoms with Gasteiger partial charge >= 0.3 is 0 Å². The minimum atomic E-state index is -1.77. The van der Waals surface area contributed by atoms with Crippen molar-refractivity contribution < 1.29 is 4.74 Å². The molecule has 0 heterocycles. The van der Waals surface area contributed by atoms with Crippen LogP contribution in [-0.4, -0.2) is 15.2 Å².